The maximum absolute atomic E-state index is 10.9. The predicted molar refractivity (Wildman–Crippen MR) is 68.8 cm³/mol. The third-order valence-electron chi connectivity index (χ3n) is 3.14. The minimum atomic E-state index is -0.910. The molecule has 0 bridgehead atoms. The van der Waals surface area contributed by atoms with Crippen molar-refractivity contribution in [1.29, 1.82) is 0 Å². The average Bonchev–Trinajstić information content (AvgIpc) is 2.79. The molecule has 0 saturated carbocycles. The highest BCUT2D eigenvalue weighted by Gasteiger charge is 2.33. The van der Waals surface area contributed by atoms with Gasteiger partial charge in [0.15, 0.2) is 6.10 Å². The first-order valence-electron chi connectivity index (χ1n) is 5.91. The van der Waals surface area contributed by atoms with Crippen LogP contribution in [0.2, 0.25) is 5.02 Å². The van der Waals surface area contributed by atoms with E-state index in [9.17, 15) is 4.79 Å². The summed E-state index contributed by atoms with van der Waals surface area (Å²) in [5, 5.41) is 12.9. The normalized spacial score (nSPS) is 23.2. The van der Waals surface area contributed by atoms with Gasteiger partial charge in [0.25, 0.3) is 0 Å². The number of aryl methyl sites for hydroxylation is 1. The summed E-state index contributed by atoms with van der Waals surface area (Å²) in [6.07, 6.45) is -0.0257. The Morgan fingerprint density at radius 1 is 1.61 bits per heavy atom. The Bertz CT molecular complexity index is 450. The Kier molecular flexibility index (Phi) is 4.22. The molecule has 1 aliphatic heterocycles. The summed E-state index contributed by atoms with van der Waals surface area (Å²) in [5.41, 5.74) is 2.08. The second kappa shape index (κ2) is 5.69. The molecule has 18 heavy (non-hydrogen) atoms. The van der Waals surface area contributed by atoms with Crippen molar-refractivity contribution < 1.29 is 14.6 Å². The zero-order valence-electron chi connectivity index (χ0n) is 10.1. The predicted octanol–water partition coefficient (Wildman–Crippen LogP) is 1.98. The van der Waals surface area contributed by atoms with Crippen LogP contribution in [-0.4, -0.2) is 29.8 Å². The first kappa shape index (κ1) is 13.3. The number of benzene rings is 1. The summed E-state index contributed by atoms with van der Waals surface area (Å²) in [6, 6.07) is 5.71. The van der Waals surface area contributed by atoms with Gasteiger partial charge < -0.3 is 15.2 Å². The molecule has 0 amide bonds. The third kappa shape index (κ3) is 3.02. The SMILES string of the molecule is Cc1ccc(CN[C@@H]2CCO[C@@H]2C(=O)O)cc1Cl. The van der Waals surface area contributed by atoms with Crippen LogP contribution in [0.25, 0.3) is 0 Å². The standard InChI is InChI=1S/C13H16ClNO3/c1-8-2-3-9(6-10(8)14)7-15-11-4-5-18-12(11)13(16)17/h2-3,6,11-12,15H,4-5,7H2,1H3,(H,16,17)/t11-,12+/m1/s1. The summed E-state index contributed by atoms with van der Waals surface area (Å²) < 4.78 is 5.17. The van der Waals surface area contributed by atoms with E-state index in [0.717, 1.165) is 22.6 Å². The van der Waals surface area contributed by atoms with Crippen LogP contribution in [0, 0.1) is 6.92 Å². The molecule has 98 valence electrons. The van der Waals surface area contributed by atoms with Crippen LogP contribution >= 0.6 is 11.6 Å². The topological polar surface area (TPSA) is 58.6 Å². The average molecular weight is 270 g/mol. The van der Waals surface area contributed by atoms with E-state index in [1.807, 2.05) is 25.1 Å². The zero-order valence-corrected chi connectivity index (χ0v) is 10.9. The molecule has 0 unspecified atom stereocenters. The fraction of sp³-hybridized carbons (Fsp3) is 0.462. The number of hydrogen-bond donors (Lipinski definition) is 2. The van der Waals surface area contributed by atoms with Crippen LogP contribution < -0.4 is 5.32 Å². The summed E-state index contributed by atoms with van der Waals surface area (Å²) in [6.45, 7) is 3.03. The number of hydrogen-bond acceptors (Lipinski definition) is 3. The summed E-state index contributed by atoms with van der Waals surface area (Å²) in [5.74, 6) is -0.910. The largest absolute Gasteiger partial charge is 0.479 e. The molecular formula is C13H16ClNO3. The molecule has 2 atom stereocenters. The fourth-order valence-corrected chi connectivity index (χ4v) is 2.24. The van der Waals surface area contributed by atoms with Crippen LogP contribution in [0.5, 0.6) is 0 Å². The Labute approximate surface area is 111 Å². The minimum Gasteiger partial charge on any atom is -0.479 e. The molecule has 0 aromatic heterocycles. The number of carboxylic acids is 1. The van der Waals surface area contributed by atoms with E-state index < -0.39 is 12.1 Å². The van der Waals surface area contributed by atoms with Gasteiger partial charge in [0, 0.05) is 24.2 Å². The van der Waals surface area contributed by atoms with Gasteiger partial charge in [-0.1, -0.05) is 23.7 Å². The van der Waals surface area contributed by atoms with Gasteiger partial charge >= 0.3 is 5.97 Å². The lowest BCUT2D eigenvalue weighted by Gasteiger charge is -2.16. The van der Waals surface area contributed by atoms with Gasteiger partial charge in [-0.15, -0.1) is 0 Å². The lowest BCUT2D eigenvalue weighted by Crippen LogP contribution is -2.40. The number of carboxylic acid groups (broad SMARTS) is 1. The molecule has 1 aromatic carbocycles. The van der Waals surface area contributed by atoms with Crippen molar-refractivity contribution in [2.75, 3.05) is 6.61 Å². The summed E-state index contributed by atoms with van der Waals surface area (Å²) in [4.78, 5) is 10.9. The van der Waals surface area contributed by atoms with Crippen LogP contribution in [0.3, 0.4) is 0 Å². The zero-order chi connectivity index (χ0) is 13.1. The van der Waals surface area contributed by atoms with E-state index in [2.05, 4.69) is 5.32 Å². The maximum atomic E-state index is 10.9. The third-order valence-corrected chi connectivity index (χ3v) is 3.55. The van der Waals surface area contributed by atoms with Gasteiger partial charge in [-0.25, -0.2) is 4.79 Å². The smallest absolute Gasteiger partial charge is 0.334 e. The van der Waals surface area contributed by atoms with Crippen molar-refractivity contribution in [1.82, 2.24) is 5.32 Å². The van der Waals surface area contributed by atoms with Gasteiger partial charge in [0.05, 0.1) is 0 Å². The quantitative estimate of drug-likeness (QED) is 0.878. The minimum absolute atomic E-state index is 0.137. The second-order valence-corrected chi connectivity index (χ2v) is 4.90. The summed E-state index contributed by atoms with van der Waals surface area (Å²) >= 11 is 6.04. The molecule has 1 fully saturated rings. The maximum Gasteiger partial charge on any atom is 0.334 e. The molecule has 2 rings (SSSR count). The second-order valence-electron chi connectivity index (χ2n) is 4.49. The van der Waals surface area contributed by atoms with E-state index in [1.54, 1.807) is 0 Å². The first-order chi connectivity index (χ1) is 8.58. The highest BCUT2D eigenvalue weighted by molar-refractivity contribution is 6.31. The molecular weight excluding hydrogens is 254 g/mol. The summed E-state index contributed by atoms with van der Waals surface area (Å²) in [7, 11) is 0. The number of ether oxygens (including phenoxy) is 1. The van der Waals surface area contributed by atoms with Gasteiger partial charge in [0.1, 0.15) is 0 Å². The van der Waals surface area contributed by atoms with E-state index in [0.29, 0.717) is 13.2 Å². The van der Waals surface area contributed by atoms with Crippen molar-refractivity contribution in [3.8, 4) is 0 Å². The molecule has 0 aliphatic carbocycles. The van der Waals surface area contributed by atoms with Gasteiger partial charge in [-0.05, 0) is 30.5 Å². The van der Waals surface area contributed by atoms with Crippen molar-refractivity contribution in [3.05, 3.63) is 34.3 Å². The molecule has 1 saturated heterocycles. The van der Waals surface area contributed by atoms with E-state index >= 15 is 0 Å². The van der Waals surface area contributed by atoms with E-state index in [1.165, 1.54) is 0 Å². The molecule has 2 N–H and O–H groups in total. The monoisotopic (exact) mass is 269 g/mol. The van der Waals surface area contributed by atoms with Gasteiger partial charge in [-0.3, -0.25) is 0 Å². The molecule has 5 heteroatoms. The number of nitrogens with one attached hydrogen (secondary N) is 1. The number of aliphatic carboxylic acids is 1. The Balaban J connectivity index is 1.94. The molecule has 1 aromatic rings. The lowest BCUT2D eigenvalue weighted by atomic mass is 10.1. The lowest BCUT2D eigenvalue weighted by molar-refractivity contribution is -0.148. The fourth-order valence-electron chi connectivity index (χ4n) is 2.04. The molecule has 0 radical (unpaired) electrons. The first-order valence-corrected chi connectivity index (χ1v) is 6.28. The Morgan fingerprint density at radius 2 is 2.39 bits per heavy atom. The van der Waals surface area contributed by atoms with Crippen molar-refractivity contribution in [2.45, 2.75) is 32.0 Å². The highest BCUT2D eigenvalue weighted by atomic mass is 35.5. The highest BCUT2D eigenvalue weighted by Crippen LogP contribution is 2.18. The van der Waals surface area contributed by atoms with E-state index in [-0.39, 0.29) is 6.04 Å². The van der Waals surface area contributed by atoms with Crippen LogP contribution in [-0.2, 0) is 16.1 Å². The van der Waals surface area contributed by atoms with E-state index in [4.69, 9.17) is 21.4 Å². The molecule has 0 spiro atoms. The Hall–Kier alpha value is -1.10. The Morgan fingerprint density at radius 3 is 3.06 bits per heavy atom. The van der Waals surface area contributed by atoms with Gasteiger partial charge in [0.2, 0.25) is 0 Å². The molecule has 4 nitrogen and oxygen atoms in total. The van der Waals surface area contributed by atoms with Crippen LogP contribution in [0.15, 0.2) is 18.2 Å². The van der Waals surface area contributed by atoms with Crippen molar-refractivity contribution in [2.24, 2.45) is 0 Å². The van der Waals surface area contributed by atoms with Gasteiger partial charge in [-0.2, -0.15) is 0 Å². The molecule has 1 aliphatic rings. The van der Waals surface area contributed by atoms with Crippen molar-refractivity contribution in [3.63, 3.8) is 0 Å². The number of halogens is 1. The number of rotatable bonds is 4. The molecule has 1 heterocycles. The van der Waals surface area contributed by atoms with Crippen LogP contribution in [0.1, 0.15) is 17.5 Å². The van der Waals surface area contributed by atoms with Crippen molar-refractivity contribution >= 4 is 17.6 Å². The van der Waals surface area contributed by atoms with Crippen LogP contribution in [0.4, 0.5) is 0 Å². The number of carbonyl (C=O) groups is 1.